The molecule has 144 valence electrons. The van der Waals surface area contributed by atoms with Gasteiger partial charge in [0.05, 0.1) is 17.4 Å². The molecule has 2 fully saturated rings. The van der Waals surface area contributed by atoms with Crippen LogP contribution in [0.4, 0.5) is 0 Å². The number of imidazole rings is 1. The zero-order valence-corrected chi connectivity index (χ0v) is 16.4. The molecular weight excluding hydrogens is 334 g/mol. The monoisotopic (exact) mass is 365 g/mol. The van der Waals surface area contributed by atoms with Gasteiger partial charge in [0.2, 0.25) is 0 Å². The van der Waals surface area contributed by atoms with Crippen molar-refractivity contribution < 1.29 is 0 Å². The Bertz CT molecular complexity index is 770. The van der Waals surface area contributed by atoms with Gasteiger partial charge in [-0.3, -0.25) is 9.80 Å². The highest BCUT2D eigenvalue weighted by molar-refractivity contribution is 5.57. The Morgan fingerprint density at radius 3 is 2.41 bits per heavy atom. The highest BCUT2D eigenvalue weighted by Gasteiger charge is 2.34. The van der Waals surface area contributed by atoms with E-state index in [9.17, 15) is 0 Å². The van der Waals surface area contributed by atoms with Gasteiger partial charge in [-0.25, -0.2) is 4.98 Å². The number of nitrogens with zero attached hydrogens (tertiary/aromatic N) is 4. The predicted octanol–water partition coefficient (Wildman–Crippen LogP) is 2.79. The van der Waals surface area contributed by atoms with E-state index in [0.717, 1.165) is 25.0 Å². The van der Waals surface area contributed by atoms with Crippen molar-refractivity contribution in [3.05, 3.63) is 41.7 Å². The van der Waals surface area contributed by atoms with Crippen LogP contribution in [0, 0.1) is 0 Å². The van der Waals surface area contributed by atoms with Gasteiger partial charge in [-0.2, -0.15) is 0 Å². The highest BCUT2D eigenvalue weighted by Crippen LogP contribution is 2.32. The molecule has 0 bridgehead atoms. The summed E-state index contributed by atoms with van der Waals surface area (Å²) >= 11 is 0. The maximum atomic E-state index is 5.01. The Morgan fingerprint density at radius 1 is 0.963 bits per heavy atom. The Balaban J connectivity index is 1.36. The normalized spacial score (nSPS) is 25.0. The Hall–Kier alpha value is -1.69. The second-order valence-electron chi connectivity index (χ2n) is 8.35. The molecule has 0 spiro atoms. The third kappa shape index (κ3) is 3.22. The maximum Gasteiger partial charge on any atom is 0.140 e. The molecule has 1 saturated carbocycles. The average molecular weight is 366 g/mol. The minimum atomic E-state index is 0.439. The minimum absolute atomic E-state index is 0.439. The summed E-state index contributed by atoms with van der Waals surface area (Å²) in [5.74, 6) is 1.10. The molecule has 2 aromatic rings. The Kier molecular flexibility index (Phi) is 4.76. The molecule has 0 amide bonds. The second kappa shape index (κ2) is 7.38. The number of rotatable bonds is 3. The van der Waals surface area contributed by atoms with Crippen LogP contribution in [0.2, 0.25) is 0 Å². The SMILES string of the molecule is Cn1c(-c2ccccc2)nc2c1C(N1CCN(C3CCCC3)CC1)CNC2. The molecule has 0 radical (unpaired) electrons. The van der Waals surface area contributed by atoms with Crippen LogP contribution in [-0.4, -0.2) is 58.1 Å². The summed E-state index contributed by atoms with van der Waals surface area (Å²) in [5.41, 5.74) is 3.85. The van der Waals surface area contributed by atoms with E-state index in [2.05, 4.69) is 57.1 Å². The molecule has 3 heterocycles. The van der Waals surface area contributed by atoms with E-state index in [0.29, 0.717) is 6.04 Å². The molecule has 1 aliphatic carbocycles. The summed E-state index contributed by atoms with van der Waals surface area (Å²) in [5, 5.41) is 3.62. The van der Waals surface area contributed by atoms with E-state index in [4.69, 9.17) is 4.98 Å². The van der Waals surface area contributed by atoms with Crippen molar-refractivity contribution >= 4 is 0 Å². The largest absolute Gasteiger partial charge is 0.329 e. The van der Waals surface area contributed by atoms with Crippen molar-refractivity contribution in [2.75, 3.05) is 32.7 Å². The maximum absolute atomic E-state index is 5.01. The highest BCUT2D eigenvalue weighted by atomic mass is 15.3. The number of piperazine rings is 1. The Labute approximate surface area is 162 Å². The number of nitrogens with one attached hydrogen (secondary N) is 1. The number of aromatic nitrogens is 2. The summed E-state index contributed by atoms with van der Waals surface area (Å²) in [6.45, 7) is 6.71. The molecule has 5 rings (SSSR count). The van der Waals surface area contributed by atoms with Crippen LogP contribution in [0.1, 0.15) is 43.1 Å². The second-order valence-corrected chi connectivity index (χ2v) is 8.35. The molecule has 1 aromatic heterocycles. The lowest BCUT2D eigenvalue weighted by Crippen LogP contribution is -2.53. The molecule has 5 heteroatoms. The van der Waals surface area contributed by atoms with Crippen LogP contribution in [0.25, 0.3) is 11.4 Å². The van der Waals surface area contributed by atoms with E-state index in [1.54, 1.807) is 0 Å². The molecule has 3 aliphatic rings. The van der Waals surface area contributed by atoms with Gasteiger partial charge in [-0.15, -0.1) is 0 Å². The fraction of sp³-hybridized carbons (Fsp3) is 0.591. The lowest BCUT2D eigenvalue weighted by Gasteiger charge is -2.42. The lowest BCUT2D eigenvalue weighted by molar-refractivity contribution is 0.0650. The number of benzene rings is 1. The smallest absolute Gasteiger partial charge is 0.140 e. The van der Waals surface area contributed by atoms with Crippen molar-refractivity contribution in [1.82, 2.24) is 24.7 Å². The van der Waals surface area contributed by atoms with Crippen LogP contribution < -0.4 is 5.32 Å². The first-order valence-corrected chi connectivity index (χ1v) is 10.6. The van der Waals surface area contributed by atoms with E-state index < -0.39 is 0 Å². The lowest BCUT2D eigenvalue weighted by atomic mass is 10.0. The topological polar surface area (TPSA) is 36.3 Å². The summed E-state index contributed by atoms with van der Waals surface area (Å²) in [6, 6.07) is 11.9. The zero-order chi connectivity index (χ0) is 18.2. The van der Waals surface area contributed by atoms with Crippen molar-refractivity contribution in [1.29, 1.82) is 0 Å². The summed E-state index contributed by atoms with van der Waals surface area (Å²) < 4.78 is 2.35. The predicted molar refractivity (Wildman–Crippen MR) is 108 cm³/mol. The first-order chi connectivity index (χ1) is 13.3. The molecule has 27 heavy (non-hydrogen) atoms. The first-order valence-electron chi connectivity index (χ1n) is 10.6. The van der Waals surface area contributed by atoms with Crippen LogP contribution >= 0.6 is 0 Å². The third-order valence-corrected chi connectivity index (χ3v) is 6.82. The van der Waals surface area contributed by atoms with Gasteiger partial charge in [-0.05, 0) is 12.8 Å². The Morgan fingerprint density at radius 2 is 1.67 bits per heavy atom. The average Bonchev–Trinajstić information content (AvgIpc) is 3.37. The molecule has 1 N–H and O–H groups in total. The fourth-order valence-electron chi connectivity index (χ4n) is 5.37. The van der Waals surface area contributed by atoms with E-state index >= 15 is 0 Å². The summed E-state index contributed by atoms with van der Waals surface area (Å²) in [6.07, 6.45) is 5.69. The van der Waals surface area contributed by atoms with E-state index in [-0.39, 0.29) is 0 Å². The van der Waals surface area contributed by atoms with Crippen LogP contribution in [-0.2, 0) is 13.6 Å². The molecule has 1 aromatic carbocycles. The molecule has 2 aliphatic heterocycles. The molecule has 1 saturated heterocycles. The van der Waals surface area contributed by atoms with Gasteiger partial charge in [0.1, 0.15) is 5.82 Å². The van der Waals surface area contributed by atoms with Crippen LogP contribution in [0.5, 0.6) is 0 Å². The van der Waals surface area contributed by atoms with Gasteiger partial charge in [0.15, 0.2) is 0 Å². The van der Waals surface area contributed by atoms with Crippen molar-refractivity contribution in [2.24, 2.45) is 7.05 Å². The standard InChI is InChI=1S/C22H31N5/c1-25-21-19(24-22(25)17-7-3-2-4-8-17)15-23-16-20(21)27-13-11-26(12-14-27)18-9-5-6-10-18/h2-4,7-8,18,20,23H,5-6,9-16H2,1H3. The van der Waals surface area contributed by atoms with Gasteiger partial charge in [0.25, 0.3) is 0 Å². The fourth-order valence-corrected chi connectivity index (χ4v) is 5.37. The first kappa shape index (κ1) is 17.4. The van der Waals surface area contributed by atoms with E-state index in [1.807, 2.05) is 0 Å². The molecular formula is C22H31N5. The number of hydrogen-bond acceptors (Lipinski definition) is 4. The van der Waals surface area contributed by atoms with Gasteiger partial charge >= 0.3 is 0 Å². The minimum Gasteiger partial charge on any atom is -0.329 e. The number of fused-ring (bicyclic) bond motifs is 1. The van der Waals surface area contributed by atoms with E-state index in [1.165, 1.54) is 68.8 Å². The van der Waals surface area contributed by atoms with Gasteiger partial charge in [0, 0.05) is 57.9 Å². The summed E-state index contributed by atoms with van der Waals surface area (Å²) in [7, 11) is 2.20. The molecule has 1 unspecified atom stereocenters. The van der Waals surface area contributed by atoms with Crippen molar-refractivity contribution in [2.45, 2.75) is 44.3 Å². The molecule has 5 nitrogen and oxygen atoms in total. The number of hydrogen-bond donors (Lipinski definition) is 1. The van der Waals surface area contributed by atoms with Crippen molar-refractivity contribution in [3.63, 3.8) is 0 Å². The van der Waals surface area contributed by atoms with Gasteiger partial charge < -0.3 is 9.88 Å². The van der Waals surface area contributed by atoms with Crippen molar-refractivity contribution in [3.8, 4) is 11.4 Å². The molecule has 1 atom stereocenters. The third-order valence-electron chi connectivity index (χ3n) is 6.82. The zero-order valence-electron chi connectivity index (χ0n) is 16.4. The van der Waals surface area contributed by atoms with Crippen LogP contribution in [0.15, 0.2) is 30.3 Å². The van der Waals surface area contributed by atoms with Gasteiger partial charge in [-0.1, -0.05) is 43.2 Å². The van der Waals surface area contributed by atoms with Crippen LogP contribution in [0.3, 0.4) is 0 Å². The summed E-state index contributed by atoms with van der Waals surface area (Å²) in [4.78, 5) is 10.4. The quantitative estimate of drug-likeness (QED) is 0.907.